The molecule has 0 fully saturated rings. The molecule has 1 aromatic rings. The second-order valence-electron chi connectivity index (χ2n) is 2.93. The van der Waals surface area contributed by atoms with Crippen LogP contribution in [0.1, 0.15) is 6.92 Å². The number of imide groups is 1. The van der Waals surface area contributed by atoms with Gasteiger partial charge < -0.3 is 5.11 Å². The Morgan fingerprint density at radius 2 is 1.94 bits per heavy atom. The minimum Gasteiger partial charge on any atom is -0.508 e. The van der Waals surface area contributed by atoms with E-state index in [9.17, 15) is 9.59 Å². The topological polar surface area (TPSA) is 57.6 Å². The Balaban J connectivity index is 3.03. The first-order valence-corrected chi connectivity index (χ1v) is 5.29. The molecule has 0 unspecified atom stereocenters. The zero-order valence-electron chi connectivity index (χ0n) is 8.55. The molecule has 0 aliphatic rings. The number of phenolic OH excluding ortho intramolecular Hbond substituents is 1. The molecule has 0 aromatic heterocycles. The van der Waals surface area contributed by atoms with E-state index in [0.717, 1.165) is 4.90 Å². The van der Waals surface area contributed by atoms with Crippen LogP contribution in [-0.2, 0) is 9.59 Å². The van der Waals surface area contributed by atoms with Crippen LogP contribution in [0.5, 0.6) is 5.75 Å². The molecule has 0 saturated carbocycles. The van der Waals surface area contributed by atoms with Gasteiger partial charge in [0.05, 0.1) is 10.2 Å². The highest BCUT2D eigenvalue weighted by atomic mass is 79.9. The molecule has 0 spiro atoms. The first kappa shape index (κ1) is 12.4. The van der Waals surface area contributed by atoms with Crippen molar-refractivity contribution in [1.82, 2.24) is 0 Å². The van der Waals surface area contributed by atoms with E-state index < -0.39 is 5.91 Å². The van der Waals surface area contributed by atoms with Crippen LogP contribution in [0, 0.1) is 0 Å². The first-order valence-electron chi connectivity index (χ1n) is 4.50. The number of hydrogen-bond acceptors (Lipinski definition) is 3. The quantitative estimate of drug-likeness (QED) is 0.683. The Kier molecular flexibility index (Phi) is 4.25. The van der Waals surface area contributed by atoms with Gasteiger partial charge in [-0.1, -0.05) is 6.08 Å². The SMILES string of the molecule is C/C=C(/Br)C(=O)N(C=O)c1ccc(O)cc1. The van der Waals surface area contributed by atoms with E-state index in [1.54, 1.807) is 13.0 Å². The maximum Gasteiger partial charge on any atom is 0.271 e. The van der Waals surface area contributed by atoms with Gasteiger partial charge in [-0.05, 0) is 47.1 Å². The van der Waals surface area contributed by atoms with Gasteiger partial charge in [0.15, 0.2) is 0 Å². The lowest BCUT2D eigenvalue weighted by atomic mass is 10.2. The summed E-state index contributed by atoms with van der Waals surface area (Å²) < 4.78 is 0.299. The van der Waals surface area contributed by atoms with Crippen molar-refractivity contribution in [1.29, 1.82) is 0 Å². The molecule has 0 aliphatic heterocycles. The van der Waals surface area contributed by atoms with Crippen LogP contribution >= 0.6 is 15.9 Å². The molecule has 0 bridgehead atoms. The van der Waals surface area contributed by atoms with Crippen LogP contribution < -0.4 is 4.90 Å². The van der Waals surface area contributed by atoms with Crippen molar-refractivity contribution in [2.75, 3.05) is 4.90 Å². The fourth-order valence-corrected chi connectivity index (χ4v) is 1.27. The molecule has 2 amide bonds. The van der Waals surface area contributed by atoms with Crippen LogP contribution in [0.3, 0.4) is 0 Å². The predicted molar refractivity (Wildman–Crippen MR) is 64.3 cm³/mol. The van der Waals surface area contributed by atoms with Gasteiger partial charge in [-0.3, -0.25) is 9.59 Å². The van der Waals surface area contributed by atoms with E-state index in [-0.39, 0.29) is 5.75 Å². The second kappa shape index (κ2) is 5.46. The zero-order chi connectivity index (χ0) is 12.1. The highest BCUT2D eigenvalue weighted by Crippen LogP contribution is 2.20. The van der Waals surface area contributed by atoms with Crippen molar-refractivity contribution in [2.45, 2.75) is 6.92 Å². The molecular formula is C11H10BrNO3. The van der Waals surface area contributed by atoms with Crippen LogP contribution in [0.25, 0.3) is 0 Å². The molecule has 5 heteroatoms. The van der Waals surface area contributed by atoms with E-state index in [2.05, 4.69) is 15.9 Å². The average Bonchev–Trinajstić information content (AvgIpc) is 2.31. The molecule has 4 nitrogen and oxygen atoms in total. The molecule has 84 valence electrons. The van der Waals surface area contributed by atoms with Crippen molar-refractivity contribution in [3.05, 3.63) is 34.8 Å². The lowest BCUT2D eigenvalue weighted by Gasteiger charge is -2.14. The molecule has 0 saturated heterocycles. The van der Waals surface area contributed by atoms with Crippen molar-refractivity contribution < 1.29 is 14.7 Å². The molecular weight excluding hydrogens is 274 g/mol. The number of allylic oxidation sites excluding steroid dienone is 1. The smallest absolute Gasteiger partial charge is 0.271 e. The Morgan fingerprint density at radius 1 is 1.38 bits per heavy atom. The third kappa shape index (κ3) is 2.70. The Hall–Kier alpha value is -1.62. The van der Waals surface area contributed by atoms with E-state index in [4.69, 9.17) is 5.11 Å². The number of benzene rings is 1. The summed E-state index contributed by atoms with van der Waals surface area (Å²) >= 11 is 3.06. The van der Waals surface area contributed by atoms with Crippen LogP contribution in [0.4, 0.5) is 5.69 Å². The van der Waals surface area contributed by atoms with Crippen molar-refractivity contribution in [3.63, 3.8) is 0 Å². The molecule has 1 rings (SSSR count). The standard InChI is InChI=1S/C11H10BrNO3/c1-2-10(12)11(16)13(7-14)8-3-5-9(15)6-4-8/h2-7,15H,1H3/b10-2+. The number of carbonyl (C=O) groups is 2. The van der Waals surface area contributed by atoms with E-state index in [1.165, 1.54) is 24.3 Å². The zero-order valence-corrected chi connectivity index (χ0v) is 10.1. The van der Waals surface area contributed by atoms with Crippen LogP contribution in [0.15, 0.2) is 34.8 Å². The summed E-state index contributed by atoms with van der Waals surface area (Å²) in [6.07, 6.45) is 1.98. The number of aromatic hydroxyl groups is 1. The third-order valence-corrected chi connectivity index (χ3v) is 2.71. The average molecular weight is 284 g/mol. The fourth-order valence-electron chi connectivity index (χ4n) is 1.08. The maximum absolute atomic E-state index is 11.7. The van der Waals surface area contributed by atoms with E-state index >= 15 is 0 Å². The summed E-state index contributed by atoms with van der Waals surface area (Å²) in [7, 11) is 0. The minimum absolute atomic E-state index is 0.0761. The van der Waals surface area contributed by atoms with Crippen LogP contribution in [0.2, 0.25) is 0 Å². The largest absolute Gasteiger partial charge is 0.508 e. The Labute approximate surface area is 101 Å². The first-order chi connectivity index (χ1) is 7.60. The van der Waals surface area contributed by atoms with Crippen molar-refractivity contribution >= 4 is 33.9 Å². The summed E-state index contributed by atoms with van der Waals surface area (Å²) in [5.74, 6) is -0.379. The predicted octanol–water partition coefficient (Wildman–Crippen LogP) is 2.18. The van der Waals surface area contributed by atoms with Gasteiger partial charge in [0.1, 0.15) is 5.75 Å². The van der Waals surface area contributed by atoms with Gasteiger partial charge in [-0.15, -0.1) is 0 Å². The summed E-state index contributed by atoms with van der Waals surface area (Å²) in [5, 5.41) is 9.09. The van der Waals surface area contributed by atoms with Gasteiger partial charge in [-0.2, -0.15) is 0 Å². The number of phenols is 1. The van der Waals surface area contributed by atoms with Gasteiger partial charge in [0, 0.05) is 0 Å². The van der Waals surface area contributed by atoms with Gasteiger partial charge in [0.25, 0.3) is 5.91 Å². The van der Waals surface area contributed by atoms with Crippen LogP contribution in [-0.4, -0.2) is 17.4 Å². The van der Waals surface area contributed by atoms with Gasteiger partial charge >= 0.3 is 0 Å². The summed E-state index contributed by atoms with van der Waals surface area (Å²) in [6, 6.07) is 5.78. The highest BCUT2D eigenvalue weighted by molar-refractivity contribution is 9.12. The number of anilines is 1. The van der Waals surface area contributed by atoms with Crippen molar-refractivity contribution in [2.24, 2.45) is 0 Å². The Morgan fingerprint density at radius 3 is 2.38 bits per heavy atom. The molecule has 0 heterocycles. The number of amides is 2. The number of nitrogens with zero attached hydrogens (tertiary/aromatic N) is 1. The van der Waals surface area contributed by atoms with Crippen molar-refractivity contribution in [3.8, 4) is 5.75 Å². The van der Waals surface area contributed by atoms with Gasteiger partial charge in [0.2, 0.25) is 6.41 Å². The normalized spacial score (nSPS) is 11.0. The molecule has 16 heavy (non-hydrogen) atoms. The highest BCUT2D eigenvalue weighted by Gasteiger charge is 2.16. The summed E-state index contributed by atoms with van der Waals surface area (Å²) in [6.45, 7) is 1.68. The monoisotopic (exact) mass is 283 g/mol. The molecule has 0 atom stereocenters. The van der Waals surface area contributed by atoms with E-state index in [0.29, 0.717) is 16.6 Å². The summed E-state index contributed by atoms with van der Waals surface area (Å²) in [4.78, 5) is 23.5. The maximum atomic E-state index is 11.7. The Bertz CT molecular complexity index is 425. The second-order valence-corrected chi connectivity index (χ2v) is 3.79. The summed E-state index contributed by atoms with van der Waals surface area (Å²) in [5.41, 5.74) is 0.400. The number of hydrogen-bond donors (Lipinski definition) is 1. The molecule has 1 aromatic carbocycles. The lowest BCUT2D eigenvalue weighted by Crippen LogP contribution is -2.29. The third-order valence-electron chi connectivity index (χ3n) is 1.91. The molecule has 0 aliphatic carbocycles. The number of halogens is 1. The minimum atomic E-state index is -0.455. The number of rotatable bonds is 3. The molecule has 0 radical (unpaired) electrons. The molecule has 1 N–H and O–H groups in total. The lowest BCUT2D eigenvalue weighted by molar-refractivity contribution is -0.118. The fraction of sp³-hybridized carbons (Fsp3) is 0.0909. The van der Waals surface area contributed by atoms with E-state index in [1.807, 2.05) is 0 Å². The van der Waals surface area contributed by atoms with Gasteiger partial charge in [-0.25, -0.2) is 4.90 Å². The number of carbonyl (C=O) groups excluding carboxylic acids is 2.